The largest absolute Gasteiger partial charge is 0.480 e. The number of carboxylic acids is 1. The molecule has 0 aliphatic heterocycles. The summed E-state index contributed by atoms with van der Waals surface area (Å²) in [6.07, 6.45) is 1.73. The fourth-order valence-corrected chi connectivity index (χ4v) is 1.63. The van der Waals surface area contributed by atoms with E-state index in [1.54, 1.807) is 0 Å². The summed E-state index contributed by atoms with van der Waals surface area (Å²) in [6, 6.07) is -0.111. The quantitative estimate of drug-likeness (QED) is 0.705. The Morgan fingerprint density at radius 3 is 2.06 bits per heavy atom. The topological polar surface area (TPSA) is 83.6 Å². The maximum atomic E-state index is 12.3. The van der Waals surface area contributed by atoms with E-state index in [4.69, 9.17) is 10.8 Å². The maximum Gasteiger partial charge on any atom is 0.323 e. The molecule has 1 unspecified atom stereocenters. The van der Waals surface area contributed by atoms with Gasteiger partial charge in [0.15, 0.2) is 0 Å². The monoisotopic (exact) mass is 244 g/mol. The van der Waals surface area contributed by atoms with Crippen molar-refractivity contribution in [2.24, 2.45) is 5.73 Å². The first-order valence-corrected chi connectivity index (χ1v) is 6.14. The van der Waals surface area contributed by atoms with Crippen LogP contribution in [0.15, 0.2) is 0 Å². The lowest BCUT2D eigenvalue weighted by atomic mass is 9.91. The van der Waals surface area contributed by atoms with Crippen LogP contribution in [0.1, 0.15) is 47.0 Å². The minimum Gasteiger partial charge on any atom is -0.480 e. The van der Waals surface area contributed by atoms with Crippen LogP contribution >= 0.6 is 0 Å². The Morgan fingerprint density at radius 1 is 1.29 bits per heavy atom. The summed E-state index contributed by atoms with van der Waals surface area (Å²) in [7, 11) is 0. The molecule has 0 radical (unpaired) electrons. The fraction of sp³-hybridized carbons (Fsp3) is 0.833. The Kier molecular flexibility index (Phi) is 6.16. The van der Waals surface area contributed by atoms with E-state index < -0.39 is 11.5 Å². The zero-order chi connectivity index (χ0) is 13.6. The molecule has 1 amide bonds. The zero-order valence-corrected chi connectivity index (χ0v) is 11.2. The number of amides is 1. The lowest BCUT2D eigenvalue weighted by Crippen LogP contribution is -2.57. The summed E-state index contributed by atoms with van der Waals surface area (Å²) in [4.78, 5) is 24.5. The Labute approximate surface area is 103 Å². The molecular formula is C12H24N2O3. The predicted molar refractivity (Wildman–Crippen MR) is 66.6 cm³/mol. The van der Waals surface area contributed by atoms with Gasteiger partial charge >= 0.3 is 5.97 Å². The number of nitrogens with two attached hydrogens (primary N) is 1. The molecule has 0 bridgehead atoms. The van der Waals surface area contributed by atoms with Gasteiger partial charge in [0.25, 0.3) is 0 Å². The molecule has 0 heterocycles. The highest BCUT2D eigenvalue weighted by Gasteiger charge is 2.36. The lowest BCUT2D eigenvalue weighted by molar-refractivity contribution is -0.149. The van der Waals surface area contributed by atoms with E-state index >= 15 is 0 Å². The van der Waals surface area contributed by atoms with Crippen LogP contribution in [0.5, 0.6) is 0 Å². The molecule has 3 N–H and O–H groups in total. The SMILES string of the molecule is CCC(C)N(CC(=O)O)C(=O)C(N)(CC)CC. The third-order valence-electron chi connectivity index (χ3n) is 3.38. The first-order valence-electron chi connectivity index (χ1n) is 6.14. The molecule has 0 fully saturated rings. The van der Waals surface area contributed by atoms with E-state index in [9.17, 15) is 9.59 Å². The van der Waals surface area contributed by atoms with Gasteiger partial charge in [-0.3, -0.25) is 9.59 Å². The number of carbonyl (C=O) groups excluding carboxylic acids is 1. The third kappa shape index (κ3) is 4.00. The smallest absolute Gasteiger partial charge is 0.323 e. The van der Waals surface area contributed by atoms with Crippen LogP contribution in [0.3, 0.4) is 0 Å². The van der Waals surface area contributed by atoms with Crippen molar-refractivity contribution >= 4 is 11.9 Å². The average Bonchev–Trinajstić information content (AvgIpc) is 2.32. The van der Waals surface area contributed by atoms with Crippen LogP contribution < -0.4 is 5.73 Å². The molecule has 0 aromatic carbocycles. The summed E-state index contributed by atoms with van der Waals surface area (Å²) in [6.45, 7) is 7.16. The van der Waals surface area contributed by atoms with Gasteiger partial charge < -0.3 is 15.7 Å². The maximum absolute atomic E-state index is 12.3. The van der Waals surface area contributed by atoms with Crippen molar-refractivity contribution < 1.29 is 14.7 Å². The molecule has 5 nitrogen and oxygen atoms in total. The molecule has 0 spiro atoms. The van der Waals surface area contributed by atoms with Crippen LogP contribution in [0.2, 0.25) is 0 Å². The average molecular weight is 244 g/mol. The Morgan fingerprint density at radius 2 is 1.76 bits per heavy atom. The molecule has 0 aliphatic rings. The second kappa shape index (κ2) is 6.59. The van der Waals surface area contributed by atoms with E-state index in [1.807, 2.05) is 27.7 Å². The Bertz CT molecular complexity index is 275. The van der Waals surface area contributed by atoms with Crippen molar-refractivity contribution in [1.29, 1.82) is 0 Å². The number of carbonyl (C=O) groups is 2. The summed E-state index contributed by atoms with van der Waals surface area (Å²) >= 11 is 0. The van der Waals surface area contributed by atoms with Gasteiger partial charge in [0.05, 0.1) is 5.54 Å². The van der Waals surface area contributed by atoms with E-state index in [-0.39, 0.29) is 18.5 Å². The molecule has 0 aromatic heterocycles. The molecule has 0 saturated heterocycles. The second-order valence-electron chi connectivity index (χ2n) is 4.45. The Balaban J connectivity index is 5.04. The molecule has 1 atom stereocenters. The van der Waals surface area contributed by atoms with E-state index in [2.05, 4.69) is 0 Å². The van der Waals surface area contributed by atoms with Crippen LogP contribution in [-0.4, -0.2) is 40.0 Å². The lowest BCUT2D eigenvalue weighted by Gasteiger charge is -2.35. The Hall–Kier alpha value is -1.10. The van der Waals surface area contributed by atoms with E-state index in [1.165, 1.54) is 4.90 Å². The van der Waals surface area contributed by atoms with Crippen LogP contribution in [0, 0.1) is 0 Å². The van der Waals surface area contributed by atoms with Crippen molar-refractivity contribution in [2.45, 2.75) is 58.5 Å². The molecule has 0 saturated carbocycles. The van der Waals surface area contributed by atoms with Gasteiger partial charge in [-0.1, -0.05) is 20.8 Å². The van der Waals surface area contributed by atoms with Gasteiger partial charge in [-0.15, -0.1) is 0 Å². The first-order chi connectivity index (χ1) is 7.82. The first kappa shape index (κ1) is 15.9. The number of carboxylic acid groups (broad SMARTS) is 1. The van der Waals surface area contributed by atoms with Crippen molar-refractivity contribution in [2.75, 3.05) is 6.54 Å². The van der Waals surface area contributed by atoms with Gasteiger partial charge in [-0.2, -0.15) is 0 Å². The number of hydrogen-bond donors (Lipinski definition) is 2. The third-order valence-corrected chi connectivity index (χ3v) is 3.38. The predicted octanol–water partition coefficient (Wildman–Crippen LogP) is 1.22. The molecule has 0 aromatic rings. The highest BCUT2D eigenvalue weighted by molar-refractivity contribution is 5.89. The minimum atomic E-state index is -1.01. The normalized spacial score (nSPS) is 13.2. The van der Waals surface area contributed by atoms with E-state index in [0.717, 1.165) is 0 Å². The van der Waals surface area contributed by atoms with Crippen LogP contribution in [-0.2, 0) is 9.59 Å². The fourth-order valence-electron chi connectivity index (χ4n) is 1.63. The van der Waals surface area contributed by atoms with Gasteiger partial charge in [-0.05, 0) is 26.2 Å². The molecule has 17 heavy (non-hydrogen) atoms. The number of aliphatic carboxylic acids is 1. The summed E-state index contributed by atoms with van der Waals surface area (Å²) in [5, 5.41) is 8.85. The molecule has 0 rings (SSSR count). The molecule has 0 aliphatic carbocycles. The second-order valence-corrected chi connectivity index (χ2v) is 4.45. The van der Waals surface area contributed by atoms with Gasteiger partial charge in [0.1, 0.15) is 6.54 Å². The van der Waals surface area contributed by atoms with Gasteiger partial charge in [0.2, 0.25) is 5.91 Å². The molecular weight excluding hydrogens is 220 g/mol. The summed E-state index contributed by atoms with van der Waals surface area (Å²) < 4.78 is 0. The van der Waals surface area contributed by atoms with E-state index in [0.29, 0.717) is 19.3 Å². The van der Waals surface area contributed by atoms with Crippen LogP contribution in [0.25, 0.3) is 0 Å². The zero-order valence-electron chi connectivity index (χ0n) is 11.2. The summed E-state index contributed by atoms with van der Waals surface area (Å²) in [5.41, 5.74) is 5.08. The standard InChI is InChI=1S/C12H24N2O3/c1-5-9(4)14(8-10(15)16)11(17)12(13,6-2)7-3/h9H,5-8,13H2,1-4H3,(H,15,16). The summed E-state index contributed by atoms with van der Waals surface area (Å²) in [5.74, 6) is -1.27. The van der Waals surface area contributed by atoms with Gasteiger partial charge in [0, 0.05) is 6.04 Å². The van der Waals surface area contributed by atoms with Crippen molar-refractivity contribution in [3.63, 3.8) is 0 Å². The van der Waals surface area contributed by atoms with Crippen molar-refractivity contribution in [1.82, 2.24) is 4.90 Å². The minimum absolute atomic E-state index is 0.111. The van der Waals surface area contributed by atoms with Crippen molar-refractivity contribution in [3.05, 3.63) is 0 Å². The van der Waals surface area contributed by atoms with Crippen molar-refractivity contribution in [3.8, 4) is 0 Å². The number of rotatable bonds is 7. The highest BCUT2D eigenvalue weighted by Crippen LogP contribution is 2.18. The highest BCUT2D eigenvalue weighted by atomic mass is 16.4. The number of hydrogen-bond acceptors (Lipinski definition) is 3. The molecule has 100 valence electrons. The van der Waals surface area contributed by atoms with Crippen LogP contribution in [0.4, 0.5) is 0 Å². The van der Waals surface area contributed by atoms with Gasteiger partial charge in [-0.25, -0.2) is 0 Å². The molecule has 5 heteroatoms. The number of nitrogens with zero attached hydrogens (tertiary/aromatic N) is 1.